The van der Waals surface area contributed by atoms with Crippen molar-refractivity contribution in [2.75, 3.05) is 5.32 Å². The fourth-order valence-electron chi connectivity index (χ4n) is 2.64. The molecule has 0 atom stereocenters. The maximum absolute atomic E-state index is 12.3. The quantitative estimate of drug-likeness (QED) is 0.907. The lowest BCUT2D eigenvalue weighted by Crippen LogP contribution is -2.16. The zero-order valence-electron chi connectivity index (χ0n) is 11.9. The van der Waals surface area contributed by atoms with E-state index in [1.165, 1.54) is 24.0 Å². The van der Waals surface area contributed by atoms with Crippen molar-refractivity contribution in [3.05, 3.63) is 53.1 Å². The van der Waals surface area contributed by atoms with Gasteiger partial charge in [-0.1, -0.05) is 0 Å². The van der Waals surface area contributed by atoms with Gasteiger partial charge in [0.15, 0.2) is 0 Å². The topological polar surface area (TPSA) is 92.2 Å². The van der Waals surface area contributed by atoms with Crippen molar-refractivity contribution in [2.24, 2.45) is 0 Å². The molecule has 0 bridgehead atoms. The Hall–Kier alpha value is -2.76. The van der Waals surface area contributed by atoms with Crippen molar-refractivity contribution >= 4 is 17.6 Å². The summed E-state index contributed by atoms with van der Waals surface area (Å²) in [6.45, 7) is 0. The third kappa shape index (κ3) is 2.81. The number of aromatic carboxylic acids is 1. The summed E-state index contributed by atoms with van der Waals surface area (Å²) in [5, 5.41) is 11.8. The average molecular weight is 297 g/mol. The Morgan fingerprint density at radius 1 is 1.00 bits per heavy atom. The summed E-state index contributed by atoms with van der Waals surface area (Å²) in [5.74, 6) is -1.49. The van der Waals surface area contributed by atoms with Crippen LogP contribution in [0.3, 0.4) is 0 Å². The van der Waals surface area contributed by atoms with Crippen LogP contribution in [0.2, 0.25) is 0 Å². The van der Waals surface area contributed by atoms with Crippen molar-refractivity contribution in [2.45, 2.75) is 25.7 Å². The van der Waals surface area contributed by atoms with Gasteiger partial charge >= 0.3 is 5.97 Å². The fraction of sp³-hybridized carbons (Fsp3) is 0.250. The maximum Gasteiger partial charge on any atom is 0.337 e. The normalized spacial score (nSPS) is 13.3. The van der Waals surface area contributed by atoms with Gasteiger partial charge in [-0.25, -0.2) is 4.79 Å². The average Bonchev–Trinajstić information content (AvgIpc) is 2.55. The Morgan fingerprint density at radius 2 is 1.73 bits per heavy atom. The number of carboxylic acids is 1. The third-order valence-corrected chi connectivity index (χ3v) is 3.77. The first-order valence-electron chi connectivity index (χ1n) is 7.10. The highest BCUT2D eigenvalue weighted by atomic mass is 16.4. The van der Waals surface area contributed by atoms with Crippen LogP contribution in [0.25, 0.3) is 0 Å². The molecule has 0 saturated heterocycles. The minimum Gasteiger partial charge on any atom is -0.478 e. The minimum absolute atomic E-state index is 0.0131. The van der Waals surface area contributed by atoms with Crippen LogP contribution in [0, 0.1) is 0 Å². The number of hydrogen-bond acceptors (Lipinski definition) is 4. The molecule has 6 heteroatoms. The summed E-state index contributed by atoms with van der Waals surface area (Å²) >= 11 is 0. The zero-order valence-corrected chi connectivity index (χ0v) is 11.9. The van der Waals surface area contributed by atoms with Gasteiger partial charge in [0, 0.05) is 18.6 Å². The first kappa shape index (κ1) is 14.2. The zero-order chi connectivity index (χ0) is 15.5. The monoisotopic (exact) mass is 297 g/mol. The molecule has 6 nitrogen and oxygen atoms in total. The molecule has 3 rings (SSSR count). The van der Waals surface area contributed by atoms with E-state index in [1.807, 2.05) is 6.20 Å². The second kappa shape index (κ2) is 5.93. The van der Waals surface area contributed by atoms with Gasteiger partial charge in [-0.05, 0) is 42.9 Å². The van der Waals surface area contributed by atoms with Crippen LogP contribution in [0.1, 0.15) is 44.7 Å². The molecule has 1 aliphatic rings. The van der Waals surface area contributed by atoms with E-state index in [9.17, 15) is 9.59 Å². The Balaban J connectivity index is 1.86. The van der Waals surface area contributed by atoms with E-state index in [4.69, 9.17) is 5.11 Å². The lowest BCUT2D eigenvalue weighted by molar-refractivity contribution is 0.0696. The van der Waals surface area contributed by atoms with Gasteiger partial charge in [-0.15, -0.1) is 0 Å². The summed E-state index contributed by atoms with van der Waals surface area (Å²) in [4.78, 5) is 31.2. The molecule has 22 heavy (non-hydrogen) atoms. The number of fused-ring (bicyclic) bond motifs is 1. The van der Waals surface area contributed by atoms with E-state index >= 15 is 0 Å². The Morgan fingerprint density at radius 3 is 2.55 bits per heavy atom. The number of nitrogens with zero attached hydrogens (tertiary/aromatic N) is 2. The fourth-order valence-corrected chi connectivity index (χ4v) is 2.64. The molecular formula is C16H15N3O3. The number of carbonyl (C=O) groups is 2. The van der Waals surface area contributed by atoms with Crippen LogP contribution in [-0.4, -0.2) is 27.0 Å². The van der Waals surface area contributed by atoms with Gasteiger partial charge < -0.3 is 10.4 Å². The molecule has 0 aliphatic heterocycles. The Kier molecular flexibility index (Phi) is 3.82. The lowest BCUT2D eigenvalue weighted by atomic mass is 9.92. The van der Waals surface area contributed by atoms with Crippen LogP contribution >= 0.6 is 0 Å². The van der Waals surface area contributed by atoms with Crippen LogP contribution in [0.4, 0.5) is 5.69 Å². The molecule has 0 aromatic carbocycles. The van der Waals surface area contributed by atoms with Gasteiger partial charge in [0.05, 0.1) is 23.0 Å². The second-order valence-corrected chi connectivity index (χ2v) is 5.25. The molecule has 1 amide bonds. The van der Waals surface area contributed by atoms with Gasteiger partial charge in [0.2, 0.25) is 0 Å². The Bertz CT molecular complexity index is 743. The number of amides is 1. The molecule has 0 radical (unpaired) electrons. The van der Waals surface area contributed by atoms with Crippen molar-refractivity contribution in [3.63, 3.8) is 0 Å². The molecule has 1 aliphatic carbocycles. The largest absolute Gasteiger partial charge is 0.478 e. The van der Waals surface area contributed by atoms with Crippen molar-refractivity contribution in [3.8, 4) is 0 Å². The predicted molar refractivity (Wildman–Crippen MR) is 80.0 cm³/mol. The number of anilines is 1. The van der Waals surface area contributed by atoms with E-state index in [1.54, 1.807) is 6.20 Å². The maximum atomic E-state index is 12.3. The number of rotatable bonds is 3. The highest BCUT2D eigenvalue weighted by Gasteiger charge is 2.16. The number of carboxylic acid groups (broad SMARTS) is 1. The van der Waals surface area contributed by atoms with Gasteiger partial charge in [0.1, 0.15) is 0 Å². The molecule has 0 saturated carbocycles. The van der Waals surface area contributed by atoms with E-state index < -0.39 is 5.97 Å². The molecule has 0 fully saturated rings. The van der Waals surface area contributed by atoms with E-state index in [0.717, 1.165) is 31.2 Å². The van der Waals surface area contributed by atoms with E-state index in [0.29, 0.717) is 5.69 Å². The summed E-state index contributed by atoms with van der Waals surface area (Å²) in [7, 11) is 0. The second-order valence-electron chi connectivity index (χ2n) is 5.25. The molecule has 2 aromatic rings. The summed E-state index contributed by atoms with van der Waals surface area (Å²) in [5.41, 5.74) is 3.19. The highest BCUT2D eigenvalue weighted by molar-refractivity contribution is 6.05. The van der Waals surface area contributed by atoms with Gasteiger partial charge in [0.25, 0.3) is 5.91 Å². The Labute approximate surface area is 127 Å². The summed E-state index contributed by atoms with van der Waals surface area (Å²) in [6.07, 6.45) is 10.2. The summed E-state index contributed by atoms with van der Waals surface area (Å²) in [6, 6.07) is 1.31. The molecule has 0 unspecified atom stereocenters. The van der Waals surface area contributed by atoms with Crippen LogP contribution in [0.5, 0.6) is 0 Å². The number of pyridine rings is 2. The highest BCUT2D eigenvalue weighted by Crippen LogP contribution is 2.27. The smallest absolute Gasteiger partial charge is 0.337 e. The molecule has 2 N–H and O–H groups in total. The predicted octanol–water partition coefficient (Wildman–Crippen LogP) is 2.31. The molecule has 2 heterocycles. The van der Waals surface area contributed by atoms with Crippen LogP contribution in [-0.2, 0) is 12.8 Å². The molecule has 112 valence electrons. The first-order chi connectivity index (χ1) is 10.6. The number of nitrogens with one attached hydrogen (secondary N) is 1. The van der Waals surface area contributed by atoms with Crippen molar-refractivity contribution < 1.29 is 14.7 Å². The first-order valence-corrected chi connectivity index (χ1v) is 7.10. The molecule has 2 aromatic heterocycles. The molecular weight excluding hydrogens is 282 g/mol. The van der Waals surface area contributed by atoms with E-state index in [-0.39, 0.29) is 17.0 Å². The van der Waals surface area contributed by atoms with Crippen molar-refractivity contribution in [1.82, 2.24) is 9.97 Å². The van der Waals surface area contributed by atoms with Gasteiger partial charge in [-0.2, -0.15) is 0 Å². The standard InChI is InChI=1S/C16H15N3O3/c20-15(11-5-12(16(21)22)8-17-7-11)19-14-9-18-6-10-3-1-2-4-13(10)14/h5-9H,1-4H2,(H,19,20)(H,21,22). The molecule has 0 spiro atoms. The van der Waals surface area contributed by atoms with Crippen LogP contribution < -0.4 is 5.32 Å². The lowest BCUT2D eigenvalue weighted by Gasteiger charge is -2.18. The SMILES string of the molecule is O=C(O)c1cncc(C(=O)Nc2cncc3c2CCCC3)c1. The van der Waals surface area contributed by atoms with Gasteiger partial charge in [-0.3, -0.25) is 14.8 Å². The van der Waals surface area contributed by atoms with E-state index in [2.05, 4.69) is 15.3 Å². The number of hydrogen-bond donors (Lipinski definition) is 2. The minimum atomic E-state index is -1.11. The van der Waals surface area contributed by atoms with Crippen LogP contribution in [0.15, 0.2) is 30.9 Å². The van der Waals surface area contributed by atoms with Crippen molar-refractivity contribution in [1.29, 1.82) is 0 Å². The number of carbonyl (C=O) groups excluding carboxylic acids is 1. The summed E-state index contributed by atoms with van der Waals surface area (Å²) < 4.78 is 0. The number of aryl methyl sites for hydroxylation is 1. The number of aromatic nitrogens is 2. The third-order valence-electron chi connectivity index (χ3n) is 3.77.